The lowest BCUT2D eigenvalue weighted by molar-refractivity contribution is -0.0733. The van der Waals surface area contributed by atoms with E-state index in [1.165, 1.54) is 25.7 Å². The Morgan fingerprint density at radius 3 is 2.03 bits per heavy atom. The van der Waals surface area contributed by atoms with Gasteiger partial charge >= 0.3 is 0 Å². The summed E-state index contributed by atoms with van der Waals surface area (Å²) in [6, 6.07) is 0.627. The third-order valence-corrected chi connectivity index (χ3v) is 9.33. The Morgan fingerprint density at radius 2 is 1.59 bits per heavy atom. The zero-order chi connectivity index (χ0) is 22.1. The average Bonchev–Trinajstić information content (AvgIpc) is 3.34. The SMILES string of the molecule is C=C(CC(CC(C)(C)C(CC)C(C)C)C1C(C)C(C)C1C(C)NCC)C1CC1C. The highest BCUT2D eigenvalue weighted by atomic mass is 14.9. The van der Waals surface area contributed by atoms with Crippen LogP contribution in [0.25, 0.3) is 0 Å². The molecular weight excluding hydrogens is 350 g/mol. The van der Waals surface area contributed by atoms with E-state index in [0.29, 0.717) is 11.5 Å². The normalized spacial score (nSPS) is 35.1. The van der Waals surface area contributed by atoms with E-state index in [9.17, 15) is 0 Å². The molecule has 170 valence electrons. The smallest absolute Gasteiger partial charge is 0.00723 e. The summed E-state index contributed by atoms with van der Waals surface area (Å²) in [7, 11) is 0. The largest absolute Gasteiger partial charge is 0.314 e. The van der Waals surface area contributed by atoms with Crippen molar-refractivity contribution >= 4 is 0 Å². The van der Waals surface area contributed by atoms with Crippen molar-refractivity contribution in [2.45, 2.75) is 101 Å². The molecule has 2 rings (SSSR count). The molecule has 1 nitrogen and oxygen atoms in total. The van der Waals surface area contributed by atoms with Crippen molar-refractivity contribution in [2.75, 3.05) is 6.54 Å². The molecule has 0 bridgehead atoms. The molecule has 0 aromatic rings. The summed E-state index contributed by atoms with van der Waals surface area (Å²) >= 11 is 0. The predicted molar refractivity (Wildman–Crippen MR) is 130 cm³/mol. The van der Waals surface area contributed by atoms with E-state index in [1.54, 1.807) is 5.57 Å². The van der Waals surface area contributed by atoms with Crippen LogP contribution in [0.5, 0.6) is 0 Å². The van der Waals surface area contributed by atoms with E-state index in [1.807, 2.05) is 0 Å². The first-order valence-electron chi connectivity index (χ1n) is 12.9. The molecule has 0 aromatic carbocycles. The van der Waals surface area contributed by atoms with Gasteiger partial charge in [-0.2, -0.15) is 0 Å². The van der Waals surface area contributed by atoms with E-state index < -0.39 is 0 Å². The Balaban J connectivity index is 2.25. The Kier molecular flexibility index (Phi) is 8.51. The van der Waals surface area contributed by atoms with E-state index >= 15 is 0 Å². The first-order chi connectivity index (χ1) is 13.5. The first-order valence-corrected chi connectivity index (χ1v) is 12.9. The quantitative estimate of drug-likeness (QED) is 0.327. The van der Waals surface area contributed by atoms with Crippen LogP contribution in [0.3, 0.4) is 0 Å². The standard InChI is InChI=1S/C28H53N/c1-12-25(17(3)4)28(10,11)16-23(14-18(5)24-15-19(24)6)27-21(8)20(7)26(27)22(9)29-13-2/h17,19-27,29H,5,12-16H2,1-4,6-11H3. The van der Waals surface area contributed by atoms with E-state index in [0.717, 1.165) is 59.8 Å². The maximum atomic E-state index is 4.61. The maximum Gasteiger partial charge on any atom is 0.00723 e. The number of rotatable bonds is 12. The molecule has 29 heavy (non-hydrogen) atoms. The molecule has 9 atom stereocenters. The molecule has 2 aliphatic rings. The molecule has 9 unspecified atom stereocenters. The number of hydrogen-bond donors (Lipinski definition) is 1. The minimum absolute atomic E-state index is 0.396. The van der Waals surface area contributed by atoms with Crippen molar-refractivity contribution in [2.24, 2.45) is 58.7 Å². The fraction of sp³-hybridized carbons (Fsp3) is 0.929. The molecule has 0 amide bonds. The van der Waals surface area contributed by atoms with Crippen LogP contribution in [0.4, 0.5) is 0 Å². The van der Waals surface area contributed by atoms with Gasteiger partial charge in [0.1, 0.15) is 0 Å². The molecule has 1 N–H and O–H groups in total. The molecule has 0 saturated heterocycles. The van der Waals surface area contributed by atoms with Crippen molar-refractivity contribution in [1.29, 1.82) is 0 Å². The molecule has 0 spiro atoms. The molecule has 0 heterocycles. The molecule has 2 aliphatic carbocycles. The highest BCUT2D eigenvalue weighted by Crippen LogP contribution is 2.57. The number of allylic oxidation sites excluding steroid dienone is 1. The van der Waals surface area contributed by atoms with Crippen LogP contribution >= 0.6 is 0 Å². The molecule has 0 aliphatic heterocycles. The van der Waals surface area contributed by atoms with Crippen LogP contribution in [0.1, 0.15) is 94.9 Å². The zero-order valence-corrected chi connectivity index (χ0v) is 21.5. The van der Waals surface area contributed by atoms with Gasteiger partial charge in [0.05, 0.1) is 0 Å². The highest BCUT2D eigenvalue weighted by molar-refractivity contribution is 5.13. The summed E-state index contributed by atoms with van der Waals surface area (Å²) < 4.78 is 0. The molecule has 1 heteroatoms. The fourth-order valence-electron chi connectivity index (χ4n) is 7.72. The van der Waals surface area contributed by atoms with Gasteiger partial charge in [0.2, 0.25) is 0 Å². The van der Waals surface area contributed by atoms with Crippen molar-refractivity contribution < 1.29 is 0 Å². The summed E-state index contributed by atoms with van der Waals surface area (Å²) in [5.41, 5.74) is 1.96. The van der Waals surface area contributed by atoms with Gasteiger partial charge in [0.15, 0.2) is 0 Å². The van der Waals surface area contributed by atoms with Gasteiger partial charge in [-0.15, -0.1) is 0 Å². The average molecular weight is 404 g/mol. The maximum absolute atomic E-state index is 4.61. The van der Waals surface area contributed by atoms with Crippen molar-refractivity contribution in [1.82, 2.24) is 5.32 Å². The Bertz CT molecular complexity index is 532. The summed E-state index contributed by atoms with van der Waals surface area (Å²) in [4.78, 5) is 0. The summed E-state index contributed by atoms with van der Waals surface area (Å²) in [6.07, 6.45) is 5.31. The lowest BCUT2D eigenvalue weighted by Gasteiger charge is -2.57. The van der Waals surface area contributed by atoms with Crippen LogP contribution < -0.4 is 5.32 Å². The van der Waals surface area contributed by atoms with E-state index in [4.69, 9.17) is 0 Å². The molecular formula is C28H53N. The third-order valence-electron chi connectivity index (χ3n) is 9.33. The van der Waals surface area contributed by atoms with Gasteiger partial charge in [-0.3, -0.25) is 0 Å². The highest BCUT2D eigenvalue weighted by Gasteiger charge is 2.52. The lowest BCUT2D eigenvalue weighted by Crippen LogP contribution is -2.56. The molecule has 0 radical (unpaired) electrons. The molecule has 0 aromatic heterocycles. The first kappa shape index (κ1) is 25.0. The second-order valence-corrected chi connectivity index (χ2v) is 12.1. The third kappa shape index (κ3) is 5.50. The van der Waals surface area contributed by atoms with Gasteiger partial charge in [-0.05, 0) is 91.4 Å². The summed E-state index contributed by atoms with van der Waals surface area (Å²) in [5, 5.41) is 3.77. The van der Waals surface area contributed by atoms with E-state index in [-0.39, 0.29) is 0 Å². The van der Waals surface area contributed by atoms with Crippen LogP contribution in [0, 0.1) is 58.7 Å². The van der Waals surface area contributed by atoms with Gasteiger partial charge in [-0.25, -0.2) is 0 Å². The van der Waals surface area contributed by atoms with Crippen LogP contribution in [-0.4, -0.2) is 12.6 Å². The second-order valence-electron chi connectivity index (χ2n) is 12.1. The molecule has 2 fully saturated rings. The van der Waals surface area contributed by atoms with Gasteiger partial charge < -0.3 is 5.32 Å². The summed E-state index contributed by atoms with van der Waals surface area (Å²) in [6.45, 7) is 30.2. The van der Waals surface area contributed by atoms with Gasteiger partial charge in [0, 0.05) is 6.04 Å². The second kappa shape index (κ2) is 9.88. The number of nitrogens with one attached hydrogen (secondary N) is 1. The fourth-order valence-corrected chi connectivity index (χ4v) is 7.72. The Morgan fingerprint density at radius 1 is 1.03 bits per heavy atom. The topological polar surface area (TPSA) is 12.0 Å². The van der Waals surface area contributed by atoms with Crippen LogP contribution in [-0.2, 0) is 0 Å². The van der Waals surface area contributed by atoms with Crippen LogP contribution in [0.15, 0.2) is 12.2 Å². The monoisotopic (exact) mass is 403 g/mol. The lowest BCUT2D eigenvalue weighted by atomic mass is 9.49. The molecule has 2 saturated carbocycles. The predicted octanol–water partition coefficient (Wildman–Crippen LogP) is 7.82. The number of hydrogen-bond acceptors (Lipinski definition) is 1. The Hall–Kier alpha value is -0.300. The van der Waals surface area contributed by atoms with Gasteiger partial charge in [-0.1, -0.05) is 80.9 Å². The van der Waals surface area contributed by atoms with Crippen molar-refractivity contribution in [3.05, 3.63) is 12.2 Å². The van der Waals surface area contributed by atoms with Gasteiger partial charge in [0.25, 0.3) is 0 Å². The minimum Gasteiger partial charge on any atom is -0.314 e. The minimum atomic E-state index is 0.396. The summed E-state index contributed by atoms with van der Waals surface area (Å²) in [5.74, 6) is 7.37. The zero-order valence-electron chi connectivity index (χ0n) is 21.5. The van der Waals surface area contributed by atoms with E-state index in [2.05, 4.69) is 81.1 Å². The van der Waals surface area contributed by atoms with Crippen molar-refractivity contribution in [3.63, 3.8) is 0 Å². The van der Waals surface area contributed by atoms with Crippen molar-refractivity contribution in [3.8, 4) is 0 Å². The van der Waals surface area contributed by atoms with Crippen LogP contribution in [0.2, 0.25) is 0 Å². The Labute approximate surface area is 183 Å².